The van der Waals surface area contributed by atoms with Gasteiger partial charge in [0.25, 0.3) is 5.91 Å². The van der Waals surface area contributed by atoms with Crippen LogP contribution in [0.15, 0.2) is 121 Å². The smallest absolute Gasteiger partial charge is 0.406 e. The zero-order valence-electron chi connectivity index (χ0n) is 34.4. The number of pyridine rings is 1. The molecule has 314 valence electrons. The van der Waals surface area contributed by atoms with E-state index in [0.29, 0.717) is 29.3 Å². The first-order valence-electron chi connectivity index (χ1n) is 20.2. The van der Waals surface area contributed by atoms with Crippen LogP contribution >= 0.6 is 11.6 Å². The number of carbonyl (C=O) groups is 1. The van der Waals surface area contributed by atoms with Gasteiger partial charge < -0.3 is 20.3 Å². The number of anilines is 2. The Morgan fingerprint density at radius 1 is 0.933 bits per heavy atom. The van der Waals surface area contributed by atoms with Gasteiger partial charge in [-0.05, 0) is 118 Å². The predicted molar refractivity (Wildman–Crippen MR) is 235 cm³/mol. The molecule has 60 heavy (non-hydrogen) atoms. The van der Waals surface area contributed by atoms with Gasteiger partial charge in [-0.25, -0.2) is 15.0 Å². The van der Waals surface area contributed by atoms with Gasteiger partial charge in [0.05, 0.1) is 16.2 Å². The van der Waals surface area contributed by atoms with Crippen molar-refractivity contribution in [3.63, 3.8) is 0 Å². The SMILES string of the molecule is CC(C)=CCC/C(C)=C/CNc1ncnc2ccccc12.CCc1nc2ccc(Cl)cn2c1C(=O)NCc1ccc(N2CCC(c3ccc(OC(F)(F)F)cc3)CC2)cc1. The second kappa shape index (κ2) is 20.4. The van der Waals surface area contributed by atoms with Gasteiger partial charge in [-0.3, -0.25) is 9.20 Å². The summed E-state index contributed by atoms with van der Waals surface area (Å²) in [5.41, 5.74) is 8.76. The maximum absolute atomic E-state index is 13.0. The summed E-state index contributed by atoms with van der Waals surface area (Å²) in [4.78, 5) is 28.5. The lowest BCUT2D eigenvalue weighted by molar-refractivity contribution is -0.274. The Balaban J connectivity index is 0.000000243. The Bertz CT molecular complexity index is 2410. The quantitative estimate of drug-likeness (QED) is 0.112. The lowest BCUT2D eigenvalue weighted by Gasteiger charge is -2.34. The van der Waals surface area contributed by atoms with Crippen LogP contribution in [0.5, 0.6) is 5.75 Å². The van der Waals surface area contributed by atoms with E-state index in [9.17, 15) is 18.0 Å². The topological polar surface area (TPSA) is 96.7 Å². The van der Waals surface area contributed by atoms with Crippen LogP contribution in [-0.2, 0) is 13.0 Å². The van der Waals surface area contributed by atoms with Gasteiger partial charge in [-0.2, -0.15) is 0 Å². The lowest BCUT2D eigenvalue weighted by atomic mass is 9.89. The fourth-order valence-corrected chi connectivity index (χ4v) is 7.38. The van der Waals surface area contributed by atoms with E-state index in [4.69, 9.17) is 11.6 Å². The largest absolute Gasteiger partial charge is 0.573 e. The van der Waals surface area contributed by atoms with Crippen LogP contribution in [0.4, 0.5) is 24.7 Å². The Morgan fingerprint density at radius 3 is 2.37 bits per heavy atom. The molecule has 0 spiro atoms. The third kappa shape index (κ3) is 12.1. The van der Waals surface area contributed by atoms with E-state index in [-0.39, 0.29) is 17.6 Å². The van der Waals surface area contributed by atoms with Gasteiger partial charge in [0.15, 0.2) is 0 Å². The molecule has 0 unspecified atom stereocenters. The van der Waals surface area contributed by atoms with Crippen molar-refractivity contribution >= 4 is 45.6 Å². The number of hydrogen-bond donors (Lipinski definition) is 2. The molecule has 3 aromatic carbocycles. The van der Waals surface area contributed by atoms with Crippen molar-refractivity contribution in [3.8, 4) is 5.75 Å². The van der Waals surface area contributed by atoms with Gasteiger partial charge in [-0.15, -0.1) is 13.2 Å². The number of imidazole rings is 1. The van der Waals surface area contributed by atoms with E-state index >= 15 is 0 Å². The highest BCUT2D eigenvalue weighted by Crippen LogP contribution is 2.32. The third-order valence-electron chi connectivity index (χ3n) is 10.4. The number of nitrogens with zero attached hydrogens (tertiary/aromatic N) is 5. The molecule has 1 amide bonds. The maximum Gasteiger partial charge on any atom is 0.573 e. The number of carbonyl (C=O) groups excluding carboxylic acids is 1. The number of alkyl halides is 3. The van der Waals surface area contributed by atoms with Gasteiger partial charge >= 0.3 is 6.36 Å². The normalized spacial score (nSPS) is 13.5. The number of fused-ring (bicyclic) bond motifs is 2. The molecule has 0 saturated carbocycles. The molecule has 6 aromatic rings. The first-order valence-corrected chi connectivity index (χ1v) is 20.6. The molecule has 0 radical (unpaired) electrons. The number of aryl methyl sites for hydroxylation is 1. The average Bonchev–Trinajstić information content (AvgIpc) is 3.61. The van der Waals surface area contributed by atoms with E-state index in [0.717, 1.165) is 84.5 Å². The fourth-order valence-electron chi connectivity index (χ4n) is 7.22. The predicted octanol–water partition coefficient (Wildman–Crippen LogP) is 11.5. The summed E-state index contributed by atoms with van der Waals surface area (Å²) in [7, 11) is 0. The molecule has 7 rings (SSSR count). The minimum absolute atomic E-state index is 0.200. The van der Waals surface area contributed by atoms with E-state index in [1.807, 2.05) is 43.3 Å². The Kier molecular flexibility index (Phi) is 14.8. The highest BCUT2D eigenvalue weighted by molar-refractivity contribution is 6.30. The summed E-state index contributed by atoms with van der Waals surface area (Å²) in [5.74, 6) is 0.784. The highest BCUT2D eigenvalue weighted by Gasteiger charge is 2.31. The van der Waals surface area contributed by atoms with Crippen LogP contribution in [0.1, 0.15) is 86.6 Å². The summed E-state index contributed by atoms with van der Waals surface area (Å²) in [6.07, 6.45) is 7.79. The number of benzene rings is 3. The fraction of sp³-hybridized carbons (Fsp3) is 0.319. The summed E-state index contributed by atoms with van der Waals surface area (Å²) in [6, 6.07) is 25.9. The molecular formula is C47H51ClF3N7O2. The number of nitrogens with one attached hydrogen (secondary N) is 2. The van der Waals surface area contributed by atoms with Crippen LogP contribution in [0.25, 0.3) is 16.6 Å². The Labute approximate surface area is 354 Å². The monoisotopic (exact) mass is 837 g/mol. The second-order valence-corrected chi connectivity index (χ2v) is 15.5. The summed E-state index contributed by atoms with van der Waals surface area (Å²) >= 11 is 6.14. The molecule has 13 heteroatoms. The van der Waals surface area contributed by atoms with Crippen molar-refractivity contribution in [2.24, 2.45) is 0 Å². The van der Waals surface area contributed by atoms with Crippen molar-refractivity contribution in [1.82, 2.24) is 24.7 Å². The molecule has 1 aliphatic rings. The molecule has 1 saturated heterocycles. The van der Waals surface area contributed by atoms with Crippen molar-refractivity contribution in [1.29, 1.82) is 0 Å². The number of halogens is 4. The molecule has 0 aliphatic carbocycles. The third-order valence-corrected chi connectivity index (χ3v) is 10.6. The van der Waals surface area contributed by atoms with Crippen LogP contribution < -0.4 is 20.3 Å². The molecule has 0 atom stereocenters. The molecule has 9 nitrogen and oxygen atoms in total. The number of amides is 1. The second-order valence-electron chi connectivity index (χ2n) is 15.1. The Morgan fingerprint density at radius 2 is 1.67 bits per heavy atom. The standard InChI is InChI=1S/C29H28ClF3N4O2.C18H23N3/c1-2-25-27(37-18-22(30)7-12-26(37)35-25)28(38)34-17-19-3-8-23(9-4-19)36-15-13-21(14-16-36)20-5-10-24(11-6-20)39-29(31,32)33;1-14(2)7-6-8-15(3)11-12-19-18-16-9-4-5-10-17(16)20-13-21-18/h3-12,18,21H,2,13-17H2,1H3,(H,34,38);4-5,7,9-11,13H,6,8,12H2,1-3H3,(H,19,20,21)/b;15-11+. The number of rotatable bonds is 13. The van der Waals surface area contributed by atoms with E-state index in [1.54, 1.807) is 41.2 Å². The number of piperidine rings is 1. The maximum atomic E-state index is 13.0. The van der Waals surface area contributed by atoms with Gasteiger partial charge in [0, 0.05) is 43.4 Å². The molecule has 1 aliphatic heterocycles. The van der Waals surface area contributed by atoms with E-state index < -0.39 is 6.36 Å². The zero-order valence-corrected chi connectivity index (χ0v) is 35.2. The summed E-state index contributed by atoms with van der Waals surface area (Å²) in [5, 5.41) is 7.97. The molecule has 2 N–H and O–H groups in total. The molecule has 3 aromatic heterocycles. The van der Waals surface area contributed by atoms with Crippen LogP contribution in [-0.4, -0.2) is 51.3 Å². The van der Waals surface area contributed by atoms with Crippen LogP contribution in [0, 0.1) is 0 Å². The number of para-hydroxylation sites is 1. The van der Waals surface area contributed by atoms with E-state index in [2.05, 4.69) is 80.3 Å². The summed E-state index contributed by atoms with van der Waals surface area (Å²) in [6.45, 7) is 11.3. The van der Waals surface area contributed by atoms with Gasteiger partial charge in [-0.1, -0.05) is 78.2 Å². The number of aromatic nitrogens is 4. The molecule has 1 fully saturated rings. The number of ether oxygens (including phenoxy) is 1. The van der Waals surface area contributed by atoms with Crippen LogP contribution in [0.3, 0.4) is 0 Å². The van der Waals surface area contributed by atoms with Crippen molar-refractivity contribution < 1.29 is 22.7 Å². The van der Waals surface area contributed by atoms with Crippen molar-refractivity contribution in [2.45, 2.75) is 78.6 Å². The van der Waals surface area contributed by atoms with Crippen LogP contribution in [0.2, 0.25) is 5.02 Å². The molecule has 0 bridgehead atoms. The first-order chi connectivity index (χ1) is 28.9. The highest BCUT2D eigenvalue weighted by atomic mass is 35.5. The zero-order chi connectivity index (χ0) is 42.6. The average molecular weight is 838 g/mol. The molecule has 4 heterocycles. The van der Waals surface area contributed by atoms with Crippen molar-refractivity contribution in [3.05, 3.63) is 148 Å². The molecular weight excluding hydrogens is 787 g/mol. The minimum atomic E-state index is -4.68. The van der Waals surface area contributed by atoms with Gasteiger partial charge in [0.1, 0.15) is 29.2 Å². The van der Waals surface area contributed by atoms with Gasteiger partial charge in [0.2, 0.25) is 0 Å². The van der Waals surface area contributed by atoms with Crippen molar-refractivity contribution in [2.75, 3.05) is 29.9 Å². The number of hydrogen-bond acceptors (Lipinski definition) is 7. The van der Waals surface area contributed by atoms with E-state index in [1.165, 1.54) is 23.3 Å². The number of allylic oxidation sites excluding steroid dienone is 3. The first kappa shape index (κ1) is 43.7. The Hall–Kier alpha value is -5.88. The minimum Gasteiger partial charge on any atom is -0.406 e. The summed E-state index contributed by atoms with van der Waals surface area (Å²) < 4.78 is 42.9. The lowest BCUT2D eigenvalue weighted by Crippen LogP contribution is -2.32.